The van der Waals surface area contributed by atoms with E-state index in [2.05, 4.69) is 0 Å². The molecule has 1 aliphatic heterocycles. The van der Waals surface area contributed by atoms with Gasteiger partial charge in [-0.25, -0.2) is 4.90 Å². The van der Waals surface area contributed by atoms with Gasteiger partial charge in [0.25, 0.3) is 11.8 Å². The number of hydrogen-bond donors (Lipinski definition) is 0. The Labute approximate surface area is 127 Å². The Balaban J connectivity index is 1.66. The van der Waals surface area contributed by atoms with Gasteiger partial charge in [0.1, 0.15) is 5.75 Å². The normalized spacial score (nSPS) is 14.1. The van der Waals surface area contributed by atoms with Crippen molar-refractivity contribution in [3.63, 3.8) is 0 Å². The van der Waals surface area contributed by atoms with Crippen molar-refractivity contribution in [2.24, 2.45) is 0 Å². The van der Waals surface area contributed by atoms with Gasteiger partial charge in [-0.2, -0.15) is 0 Å². The summed E-state index contributed by atoms with van der Waals surface area (Å²) in [5, 5.41) is 0. The van der Waals surface area contributed by atoms with Crippen molar-refractivity contribution in [2.45, 2.75) is 0 Å². The van der Waals surface area contributed by atoms with Gasteiger partial charge in [-0.15, -0.1) is 0 Å². The number of nitrogens with zero attached hydrogens (tertiary/aromatic N) is 1. The second kappa shape index (κ2) is 6.10. The Morgan fingerprint density at radius 1 is 0.818 bits per heavy atom. The van der Waals surface area contributed by atoms with Crippen molar-refractivity contribution in [3.8, 4) is 5.75 Å². The van der Waals surface area contributed by atoms with Gasteiger partial charge in [0.2, 0.25) is 0 Å². The summed E-state index contributed by atoms with van der Waals surface area (Å²) < 4.78 is 5.50. The largest absolute Gasteiger partial charge is 0.465 e. The zero-order valence-electron chi connectivity index (χ0n) is 11.7. The van der Waals surface area contributed by atoms with Crippen LogP contribution in [0.15, 0.2) is 73.0 Å². The van der Waals surface area contributed by atoms with Crippen LogP contribution < -0.4 is 9.64 Å². The highest BCUT2D eigenvalue weighted by atomic mass is 16.5. The number of hydrogen-bond acceptors (Lipinski definition) is 3. The van der Waals surface area contributed by atoms with Crippen LogP contribution in [0.2, 0.25) is 0 Å². The molecule has 0 N–H and O–H groups in total. The van der Waals surface area contributed by atoms with Gasteiger partial charge >= 0.3 is 0 Å². The summed E-state index contributed by atoms with van der Waals surface area (Å²) >= 11 is 0. The van der Waals surface area contributed by atoms with Gasteiger partial charge < -0.3 is 4.74 Å². The van der Waals surface area contributed by atoms with Crippen LogP contribution in [0.1, 0.15) is 5.56 Å². The zero-order valence-corrected chi connectivity index (χ0v) is 11.7. The standard InChI is InChI=1S/C18H13NO3/c20-17-10-11-18(21)19(17)15-6-8-16(9-7-15)22-13-12-14-4-2-1-3-5-14/h1-13H. The third-order valence-corrected chi connectivity index (χ3v) is 3.17. The molecule has 4 heteroatoms. The van der Waals surface area contributed by atoms with Gasteiger partial charge in [-0.3, -0.25) is 9.59 Å². The summed E-state index contributed by atoms with van der Waals surface area (Å²) in [5.74, 6) is -0.0340. The molecule has 1 aliphatic rings. The maximum Gasteiger partial charge on any atom is 0.258 e. The quantitative estimate of drug-likeness (QED) is 0.642. The van der Waals surface area contributed by atoms with E-state index in [1.165, 1.54) is 12.2 Å². The van der Waals surface area contributed by atoms with Crippen LogP contribution in [0.25, 0.3) is 6.08 Å². The lowest BCUT2D eigenvalue weighted by molar-refractivity contribution is -0.119. The van der Waals surface area contributed by atoms with Gasteiger partial charge in [-0.05, 0) is 35.9 Å². The van der Waals surface area contributed by atoms with Crippen molar-refractivity contribution >= 4 is 23.6 Å². The van der Waals surface area contributed by atoms with E-state index in [4.69, 9.17) is 4.74 Å². The fourth-order valence-electron chi connectivity index (χ4n) is 2.08. The molecular formula is C18H13NO3. The molecule has 3 rings (SSSR count). The van der Waals surface area contributed by atoms with E-state index in [1.54, 1.807) is 30.5 Å². The van der Waals surface area contributed by atoms with Crippen LogP contribution in [-0.4, -0.2) is 11.8 Å². The number of benzene rings is 2. The average molecular weight is 291 g/mol. The van der Waals surface area contributed by atoms with Gasteiger partial charge in [0, 0.05) is 12.2 Å². The molecular weight excluding hydrogens is 278 g/mol. The molecule has 0 saturated heterocycles. The number of carbonyl (C=O) groups is 2. The van der Waals surface area contributed by atoms with Crippen molar-refractivity contribution in [1.29, 1.82) is 0 Å². The average Bonchev–Trinajstić information content (AvgIpc) is 2.88. The predicted molar refractivity (Wildman–Crippen MR) is 84.2 cm³/mol. The van der Waals surface area contributed by atoms with Crippen molar-refractivity contribution in [1.82, 2.24) is 0 Å². The summed E-state index contributed by atoms with van der Waals surface area (Å²) in [6, 6.07) is 16.6. The van der Waals surface area contributed by atoms with Crippen molar-refractivity contribution in [3.05, 3.63) is 78.6 Å². The molecule has 0 fully saturated rings. The van der Waals surface area contributed by atoms with Crippen LogP contribution >= 0.6 is 0 Å². The highest BCUT2D eigenvalue weighted by molar-refractivity contribution is 6.28. The zero-order chi connectivity index (χ0) is 15.4. The van der Waals surface area contributed by atoms with E-state index in [0.717, 1.165) is 10.5 Å². The Kier molecular flexibility index (Phi) is 3.83. The van der Waals surface area contributed by atoms with Crippen LogP contribution in [-0.2, 0) is 9.59 Å². The highest BCUT2D eigenvalue weighted by Crippen LogP contribution is 2.22. The first-order valence-corrected chi connectivity index (χ1v) is 6.78. The number of imide groups is 1. The topological polar surface area (TPSA) is 46.6 Å². The summed E-state index contributed by atoms with van der Waals surface area (Å²) in [7, 11) is 0. The summed E-state index contributed by atoms with van der Waals surface area (Å²) in [6.07, 6.45) is 5.97. The van der Waals surface area contributed by atoms with Crippen LogP contribution in [0.5, 0.6) is 5.75 Å². The van der Waals surface area contributed by atoms with Crippen molar-refractivity contribution < 1.29 is 14.3 Å². The Morgan fingerprint density at radius 2 is 1.45 bits per heavy atom. The molecule has 0 radical (unpaired) electrons. The smallest absolute Gasteiger partial charge is 0.258 e. The molecule has 22 heavy (non-hydrogen) atoms. The summed E-state index contributed by atoms with van der Waals surface area (Å²) in [5.41, 5.74) is 1.57. The lowest BCUT2D eigenvalue weighted by Gasteiger charge is -2.13. The van der Waals surface area contributed by atoms with E-state index in [9.17, 15) is 9.59 Å². The molecule has 108 valence electrons. The lowest BCUT2D eigenvalue weighted by Crippen LogP contribution is -2.29. The minimum Gasteiger partial charge on any atom is -0.465 e. The van der Waals surface area contributed by atoms with E-state index in [0.29, 0.717) is 11.4 Å². The third-order valence-electron chi connectivity index (χ3n) is 3.17. The predicted octanol–water partition coefficient (Wildman–Crippen LogP) is 3.17. The Bertz CT molecular complexity index is 728. The van der Waals surface area contributed by atoms with E-state index < -0.39 is 0 Å². The molecule has 0 aromatic heterocycles. The van der Waals surface area contributed by atoms with Crippen LogP contribution in [0.3, 0.4) is 0 Å². The maximum absolute atomic E-state index is 11.6. The highest BCUT2D eigenvalue weighted by Gasteiger charge is 2.24. The number of rotatable bonds is 4. The molecule has 0 unspecified atom stereocenters. The Hall–Kier alpha value is -3.14. The first-order chi connectivity index (χ1) is 10.7. The van der Waals surface area contributed by atoms with Gasteiger partial charge in [-0.1, -0.05) is 30.3 Å². The monoisotopic (exact) mass is 291 g/mol. The molecule has 2 aromatic rings. The minimum absolute atomic E-state index is 0.331. The molecule has 0 saturated carbocycles. The number of anilines is 1. The first kappa shape index (κ1) is 13.8. The maximum atomic E-state index is 11.6. The molecule has 0 atom stereocenters. The van der Waals surface area contributed by atoms with Crippen LogP contribution in [0, 0.1) is 0 Å². The van der Waals surface area contributed by atoms with Crippen LogP contribution in [0.4, 0.5) is 5.69 Å². The summed E-state index contributed by atoms with van der Waals surface area (Å²) in [6.45, 7) is 0. The fourth-order valence-corrected chi connectivity index (χ4v) is 2.08. The summed E-state index contributed by atoms with van der Waals surface area (Å²) in [4.78, 5) is 24.3. The second-order valence-electron chi connectivity index (χ2n) is 4.67. The Morgan fingerprint density at radius 3 is 2.09 bits per heavy atom. The van der Waals surface area contributed by atoms with E-state index >= 15 is 0 Å². The van der Waals surface area contributed by atoms with E-state index in [-0.39, 0.29) is 11.8 Å². The molecule has 0 aliphatic carbocycles. The molecule has 4 nitrogen and oxygen atoms in total. The number of carbonyl (C=O) groups excluding carboxylic acids is 2. The molecule has 0 spiro atoms. The van der Waals surface area contributed by atoms with Gasteiger partial charge in [0.15, 0.2) is 0 Å². The van der Waals surface area contributed by atoms with Gasteiger partial charge in [0.05, 0.1) is 11.9 Å². The SMILES string of the molecule is O=C1C=CC(=O)N1c1ccc(OC=Cc2ccccc2)cc1. The molecule has 2 amide bonds. The molecule has 1 heterocycles. The first-order valence-electron chi connectivity index (χ1n) is 6.78. The second-order valence-corrected chi connectivity index (χ2v) is 4.67. The number of amides is 2. The molecule has 0 bridgehead atoms. The molecule has 2 aromatic carbocycles. The lowest BCUT2D eigenvalue weighted by atomic mass is 10.2. The van der Waals surface area contributed by atoms with E-state index in [1.807, 2.05) is 36.4 Å². The fraction of sp³-hybridized carbons (Fsp3) is 0. The third kappa shape index (κ3) is 2.96. The minimum atomic E-state index is -0.331. The number of ether oxygens (including phenoxy) is 1. The van der Waals surface area contributed by atoms with Crippen molar-refractivity contribution in [2.75, 3.05) is 4.90 Å².